The van der Waals surface area contributed by atoms with E-state index in [0.717, 1.165) is 0 Å². The second-order valence-corrected chi connectivity index (χ2v) is 5.29. The summed E-state index contributed by atoms with van der Waals surface area (Å²) in [4.78, 5) is 12.0. The Bertz CT molecular complexity index is 263. The van der Waals surface area contributed by atoms with Gasteiger partial charge >= 0.3 is 5.97 Å². The van der Waals surface area contributed by atoms with Crippen molar-refractivity contribution in [2.24, 2.45) is 17.1 Å². The number of carbonyl (C=O) groups excluding carboxylic acids is 1. The number of esters is 1. The van der Waals surface area contributed by atoms with E-state index in [9.17, 15) is 4.79 Å². The predicted molar refractivity (Wildman–Crippen MR) is 59.8 cm³/mol. The van der Waals surface area contributed by atoms with E-state index in [0.29, 0.717) is 25.7 Å². The minimum absolute atomic E-state index is 0.190. The van der Waals surface area contributed by atoms with Gasteiger partial charge in [-0.15, -0.1) is 0 Å². The maximum Gasteiger partial charge on any atom is 0.315 e. The topological polar surface area (TPSA) is 61.5 Å². The normalized spacial score (nSPS) is 35.5. The van der Waals surface area contributed by atoms with Crippen LogP contribution < -0.4 is 5.73 Å². The number of ether oxygens (including phenoxy) is 2. The zero-order chi connectivity index (χ0) is 11.6. The van der Waals surface area contributed by atoms with Crippen LogP contribution in [0.15, 0.2) is 0 Å². The Balaban J connectivity index is 1.82. The SMILES string of the molecule is CC1(C(=O)OCC2CCCC2)COCC1N. The van der Waals surface area contributed by atoms with Gasteiger partial charge in [-0.3, -0.25) is 4.79 Å². The van der Waals surface area contributed by atoms with Gasteiger partial charge in [0.25, 0.3) is 0 Å². The summed E-state index contributed by atoms with van der Waals surface area (Å²) in [6.45, 7) is 3.23. The molecule has 16 heavy (non-hydrogen) atoms. The van der Waals surface area contributed by atoms with Crippen molar-refractivity contribution in [2.75, 3.05) is 19.8 Å². The lowest BCUT2D eigenvalue weighted by atomic mass is 9.86. The summed E-state index contributed by atoms with van der Waals surface area (Å²) < 4.78 is 10.6. The first-order valence-corrected chi connectivity index (χ1v) is 6.13. The lowest BCUT2D eigenvalue weighted by Crippen LogP contribution is -2.45. The van der Waals surface area contributed by atoms with E-state index in [2.05, 4.69) is 0 Å². The van der Waals surface area contributed by atoms with E-state index >= 15 is 0 Å². The smallest absolute Gasteiger partial charge is 0.315 e. The van der Waals surface area contributed by atoms with Crippen molar-refractivity contribution in [1.82, 2.24) is 0 Å². The second-order valence-electron chi connectivity index (χ2n) is 5.29. The van der Waals surface area contributed by atoms with Crippen LogP contribution in [0.3, 0.4) is 0 Å². The summed E-state index contributed by atoms with van der Waals surface area (Å²) in [6, 6.07) is -0.233. The van der Waals surface area contributed by atoms with Gasteiger partial charge < -0.3 is 15.2 Å². The number of carbonyl (C=O) groups is 1. The van der Waals surface area contributed by atoms with Crippen LogP contribution in [0.2, 0.25) is 0 Å². The highest BCUT2D eigenvalue weighted by Gasteiger charge is 2.45. The van der Waals surface area contributed by atoms with Crippen LogP contribution >= 0.6 is 0 Å². The molecule has 2 unspecified atom stereocenters. The molecule has 0 radical (unpaired) electrons. The van der Waals surface area contributed by atoms with Crippen LogP contribution in [-0.4, -0.2) is 31.8 Å². The molecule has 2 rings (SSSR count). The van der Waals surface area contributed by atoms with Gasteiger partial charge in [0.1, 0.15) is 5.41 Å². The van der Waals surface area contributed by atoms with E-state index in [1.54, 1.807) is 0 Å². The van der Waals surface area contributed by atoms with E-state index in [4.69, 9.17) is 15.2 Å². The molecular weight excluding hydrogens is 206 g/mol. The maximum absolute atomic E-state index is 12.0. The first kappa shape index (κ1) is 11.9. The van der Waals surface area contributed by atoms with Crippen molar-refractivity contribution in [2.45, 2.75) is 38.6 Å². The van der Waals surface area contributed by atoms with Gasteiger partial charge in [0.15, 0.2) is 0 Å². The van der Waals surface area contributed by atoms with Gasteiger partial charge in [0, 0.05) is 6.04 Å². The molecule has 0 bridgehead atoms. The Morgan fingerprint density at radius 2 is 2.19 bits per heavy atom. The third-order valence-electron chi connectivity index (χ3n) is 3.91. The molecular formula is C12H21NO3. The van der Waals surface area contributed by atoms with E-state index in [-0.39, 0.29) is 12.0 Å². The van der Waals surface area contributed by atoms with Gasteiger partial charge in [-0.05, 0) is 25.7 Å². The Hall–Kier alpha value is -0.610. The van der Waals surface area contributed by atoms with Gasteiger partial charge in [0.05, 0.1) is 19.8 Å². The zero-order valence-electron chi connectivity index (χ0n) is 9.91. The quantitative estimate of drug-likeness (QED) is 0.733. The van der Waals surface area contributed by atoms with Crippen molar-refractivity contribution in [1.29, 1.82) is 0 Å². The molecule has 0 aromatic carbocycles. The first-order valence-electron chi connectivity index (χ1n) is 6.13. The minimum atomic E-state index is -0.640. The summed E-state index contributed by atoms with van der Waals surface area (Å²) in [5.74, 6) is 0.371. The molecule has 2 fully saturated rings. The molecule has 1 saturated carbocycles. The van der Waals surface area contributed by atoms with Crippen LogP contribution in [0.5, 0.6) is 0 Å². The highest BCUT2D eigenvalue weighted by molar-refractivity contribution is 5.78. The lowest BCUT2D eigenvalue weighted by Gasteiger charge is -2.25. The Kier molecular flexibility index (Phi) is 3.50. The van der Waals surface area contributed by atoms with Crippen LogP contribution in [0.4, 0.5) is 0 Å². The molecule has 1 saturated heterocycles. The number of rotatable bonds is 3. The maximum atomic E-state index is 12.0. The molecule has 0 aromatic rings. The van der Waals surface area contributed by atoms with E-state index < -0.39 is 5.41 Å². The Labute approximate surface area is 96.5 Å². The van der Waals surface area contributed by atoms with Gasteiger partial charge in [-0.1, -0.05) is 12.8 Å². The molecule has 0 spiro atoms. The van der Waals surface area contributed by atoms with Crippen molar-refractivity contribution in [3.63, 3.8) is 0 Å². The first-order chi connectivity index (χ1) is 7.63. The number of nitrogens with two attached hydrogens (primary N) is 1. The average molecular weight is 227 g/mol. The zero-order valence-corrected chi connectivity index (χ0v) is 9.91. The van der Waals surface area contributed by atoms with Gasteiger partial charge in [-0.2, -0.15) is 0 Å². The Morgan fingerprint density at radius 1 is 1.50 bits per heavy atom. The fraction of sp³-hybridized carbons (Fsp3) is 0.917. The molecule has 1 aliphatic heterocycles. The highest BCUT2D eigenvalue weighted by atomic mass is 16.5. The molecule has 4 heteroatoms. The molecule has 2 N–H and O–H groups in total. The lowest BCUT2D eigenvalue weighted by molar-refractivity contribution is -0.156. The Morgan fingerprint density at radius 3 is 2.75 bits per heavy atom. The van der Waals surface area contributed by atoms with Crippen LogP contribution in [0.25, 0.3) is 0 Å². The molecule has 2 aliphatic rings. The van der Waals surface area contributed by atoms with Crippen molar-refractivity contribution in [3.8, 4) is 0 Å². The largest absolute Gasteiger partial charge is 0.465 e. The van der Waals surface area contributed by atoms with Crippen LogP contribution in [0, 0.1) is 11.3 Å². The van der Waals surface area contributed by atoms with Crippen LogP contribution in [-0.2, 0) is 14.3 Å². The molecule has 1 aliphatic carbocycles. The fourth-order valence-electron chi connectivity index (χ4n) is 2.43. The molecule has 4 nitrogen and oxygen atoms in total. The second kappa shape index (κ2) is 4.72. The molecule has 2 atom stereocenters. The van der Waals surface area contributed by atoms with E-state index in [1.807, 2.05) is 6.92 Å². The molecule has 0 amide bonds. The molecule has 0 aromatic heterocycles. The predicted octanol–water partition coefficient (Wildman–Crippen LogP) is 1.08. The third kappa shape index (κ3) is 2.23. The average Bonchev–Trinajstić information content (AvgIpc) is 2.87. The summed E-state index contributed by atoms with van der Waals surface area (Å²) in [5.41, 5.74) is 5.23. The number of hydrogen-bond acceptors (Lipinski definition) is 4. The number of hydrogen-bond donors (Lipinski definition) is 1. The van der Waals surface area contributed by atoms with Crippen LogP contribution in [0.1, 0.15) is 32.6 Å². The molecule has 1 heterocycles. The van der Waals surface area contributed by atoms with Crippen molar-refractivity contribution < 1.29 is 14.3 Å². The molecule has 92 valence electrons. The summed E-state index contributed by atoms with van der Waals surface area (Å²) in [5, 5.41) is 0. The van der Waals surface area contributed by atoms with Crippen molar-refractivity contribution in [3.05, 3.63) is 0 Å². The fourth-order valence-corrected chi connectivity index (χ4v) is 2.43. The summed E-state index contributed by atoms with van der Waals surface area (Å²) in [6.07, 6.45) is 4.91. The standard InChI is InChI=1S/C12H21NO3/c1-12(8-15-7-10(12)13)11(14)16-6-9-4-2-3-5-9/h9-10H,2-8,13H2,1H3. The van der Waals surface area contributed by atoms with Gasteiger partial charge in [0.2, 0.25) is 0 Å². The highest BCUT2D eigenvalue weighted by Crippen LogP contribution is 2.30. The van der Waals surface area contributed by atoms with E-state index in [1.165, 1.54) is 25.7 Å². The summed E-state index contributed by atoms with van der Waals surface area (Å²) >= 11 is 0. The van der Waals surface area contributed by atoms with Gasteiger partial charge in [-0.25, -0.2) is 0 Å². The van der Waals surface area contributed by atoms with Crippen molar-refractivity contribution >= 4 is 5.97 Å². The minimum Gasteiger partial charge on any atom is -0.465 e. The monoisotopic (exact) mass is 227 g/mol. The summed E-state index contributed by atoms with van der Waals surface area (Å²) in [7, 11) is 0. The third-order valence-corrected chi connectivity index (χ3v) is 3.91.